The van der Waals surface area contributed by atoms with Crippen molar-refractivity contribution >= 4 is 0 Å². The Balaban J connectivity index is 3.51. The summed E-state index contributed by atoms with van der Waals surface area (Å²) in [6.45, 7) is 6.74. The summed E-state index contributed by atoms with van der Waals surface area (Å²) in [5.41, 5.74) is 0. The van der Waals surface area contributed by atoms with E-state index in [1.54, 1.807) is 0 Å². The van der Waals surface area contributed by atoms with Gasteiger partial charge in [-0.3, -0.25) is 0 Å². The summed E-state index contributed by atoms with van der Waals surface area (Å²) in [5.74, 6) is 0. The molecule has 0 aliphatic heterocycles. The number of quaternary nitrogens is 1. The van der Waals surface area contributed by atoms with E-state index >= 15 is 0 Å². The molecule has 0 N–H and O–H groups in total. The van der Waals surface area contributed by atoms with Gasteiger partial charge in [0.2, 0.25) is 0 Å². The van der Waals surface area contributed by atoms with E-state index in [1.807, 2.05) is 6.92 Å². The van der Waals surface area contributed by atoms with Gasteiger partial charge in [-0.15, -0.1) is 0 Å². The van der Waals surface area contributed by atoms with E-state index in [9.17, 15) is 0 Å². The van der Waals surface area contributed by atoms with E-state index in [2.05, 4.69) is 57.5 Å². The van der Waals surface area contributed by atoms with Crippen LogP contribution in [0.2, 0.25) is 0 Å². The molecule has 0 saturated heterocycles. The molecule has 134 valence electrons. The summed E-state index contributed by atoms with van der Waals surface area (Å²) < 4.78 is 1.10. The molecule has 0 aliphatic carbocycles. The van der Waals surface area contributed by atoms with Crippen molar-refractivity contribution in [3.05, 3.63) is 36.5 Å². The van der Waals surface area contributed by atoms with Crippen molar-refractivity contribution in [1.29, 1.82) is 0 Å². The summed E-state index contributed by atoms with van der Waals surface area (Å²) in [4.78, 5) is 0. The Kier molecular flexibility index (Phi) is 15.5. The van der Waals surface area contributed by atoms with Crippen LogP contribution in [0.1, 0.15) is 78.1 Å². The molecular formula is C22H42N+. The number of rotatable bonds is 15. The predicted molar refractivity (Wildman–Crippen MR) is 107 cm³/mol. The topological polar surface area (TPSA) is 0 Å². The second-order valence-electron chi connectivity index (χ2n) is 7.36. The molecule has 0 spiro atoms. The number of nitrogens with zero attached hydrogens (tertiary/aromatic N) is 1. The van der Waals surface area contributed by atoms with Crippen molar-refractivity contribution < 1.29 is 4.48 Å². The molecule has 1 heteroatoms. The van der Waals surface area contributed by atoms with Gasteiger partial charge in [-0.1, -0.05) is 88.7 Å². The maximum Gasteiger partial charge on any atom is 0.0972 e. The van der Waals surface area contributed by atoms with Gasteiger partial charge in [0, 0.05) is 0 Å². The molecule has 0 unspecified atom stereocenters. The highest BCUT2D eigenvalue weighted by atomic mass is 15.3. The normalized spacial score (nSPS) is 13.0. The van der Waals surface area contributed by atoms with Gasteiger partial charge in [0.1, 0.15) is 0 Å². The lowest BCUT2D eigenvalue weighted by molar-refractivity contribution is -0.884. The van der Waals surface area contributed by atoms with Crippen molar-refractivity contribution in [2.24, 2.45) is 0 Å². The van der Waals surface area contributed by atoms with E-state index in [-0.39, 0.29) is 0 Å². The maximum absolute atomic E-state index is 2.34. The predicted octanol–water partition coefficient (Wildman–Crippen LogP) is 6.67. The number of allylic oxidation sites excluding steroid dienone is 5. The minimum Gasteiger partial charge on any atom is -0.325 e. The Labute approximate surface area is 146 Å². The minimum absolute atomic E-state index is 1.10. The average Bonchev–Trinajstić information content (AvgIpc) is 2.52. The zero-order valence-corrected chi connectivity index (χ0v) is 16.4. The summed E-state index contributed by atoms with van der Waals surface area (Å²) in [5, 5.41) is 0. The first kappa shape index (κ1) is 22.2. The lowest BCUT2D eigenvalue weighted by Gasteiger charge is -2.28. The van der Waals surface area contributed by atoms with Crippen molar-refractivity contribution in [3.63, 3.8) is 0 Å². The lowest BCUT2D eigenvalue weighted by atomic mass is 10.1. The molecule has 0 heterocycles. The van der Waals surface area contributed by atoms with Crippen molar-refractivity contribution in [2.45, 2.75) is 78.1 Å². The quantitative estimate of drug-likeness (QED) is 0.179. The smallest absolute Gasteiger partial charge is 0.0972 e. The van der Waals surface area contributed by atoms with E-state index < -0.39 is 0 Å². The molecule has 0 aliphatic rings. The first-order chi connectivity index (χ1) is 11.1. The zero-order valence-electron chi connectivity index (χ0n) is 16.4. The highest BCUT2D eigenvalue weighted by Gasteiger charge is 2.11. The van der Waals surface area contributed by atoms with Gasteiger partial charge in [-0.2, -0.15) is 0 Å². The van der Waals surface area contributed by atoms with Crippen molar-refractivity contribution in [1.82, 2.24) is 0 Å². The fraction of sp³-hybridized carbons (Fsp3) is 0.727. The van der Waals surface area contributed by atoms with Gasteiger partial charge in [0.25, 0.3) is 0 Å². The second kappa shape index (κ2) is 16.1. The van der Waals surface area contributed by atoms with Gasteiger partial charge in [-0.05, 0) is 25.8 Å². The van der Waals surface area contributed by atoms with Crippen LogP contribution in [-0.2, 0) is 0 Å². The van der Waals surface area contributed by atoms with Crippen LogP contribution in [0.3, 0.4) is 0 Å². The monoisotopic (exact) mass is 320 g/mol. The first-order valence-electron chi connectivity index (χ1n) is 9.89. The maximum atomic E-state index is 2.34. The molecule has 0 saturated carbocycles. The molecule has 1 nitrogen and oxygen atoms in total. The summed E-state index contributed by atoms with van der Waals surface area (Å²) in [6, 6.07) is 0. The van der Waals surface area contributed by atoms with Crippen LogP contribution in [0.25, 0.3) is 0 Å². The Morgan fingerprint density at radius 2 is 1.17 bits per heavy atom. The summed E-state index contributed by atoms with van der Waals surface area (Å²) in [7, 11) is 4.68. The fourth-order valence-corrected chi connectivity index (χ4v) is 2.78. The molecule has 0 amide bonds. The molecule has 0 aromatic carbocycles. The first-order valence-corrected chi connectivity index (χ1v) is 9.89. The van der Waals surface area contributed by atoms with Crippen LogP contribution in [0.15, 0.2) is 36.5 Å². The van der Waals surface area contributed by atoms with E-state index in [0.29, 0.717) is 0 Å². The molecule has 0 radical (unpaired) electrons. The van der Waals surface area contributed by atoms with Crippen LogP contribution in [-0.4, -0.2) is 31.7 Å². The highest BCUT2D eigenvalue weighted by molar-refractivity contribution is 5.10. The fourth-order valence-electron chi connectivity index (χ4n) is 2.78. The van der Waals surface area contributed by atoms with E-state index in [1.165, 1.54) is 70.8 Å². The molecule has 0 aromatic rings. The van der Waals surface area contributed by atoms with Gasteiger partial charge in [0.15, 0.2) is 0 Å². The number of likely N-dealkylation sites (N-methyl/N-ethyl adjacent to an activating group) is 1. The lowest BCUT2D eigenvalue weighted by Crippen LogP contribution is -2.40. The standard InChI is InChI=1S/C22H42N/c1-5-7-9-11-13-14-15-16-18-20-22-23(3,4)21-19-17-12-10-8-6-2/h6,8,10,12,17,19H,5,7,9,11,13-16,18,20-22H2,1-4H3/q+1/b8-6+,12-10+,19-17+. The van der Waals surface area contributed by atoms with E-state index in [4.69, 9.17) is 0 Å². The largest absolute Gasteiger partial charge is 0.325 e. The molecule has 0 aromatic heterocycles. The highest BCUT2D eigenvalue weighted by Crippen LogP contribution is 2.11. The third-order valence-corrected chi connectivity index (χ3v) is 4.38. The Bertz CT molecular complexity index is 323. The minimum atomic E-state index is 1.10. The van der Waals surface area contributed by atoms with Crippen molar-refractivity contribution in [2.75, 3.05) is 27.2 Å². The third-order valence-electron chi connectivity index (χ3n) is 4.38. The SMILES string of the molecule is C/C=C/C=C/C=C/C[N+](C)(C)CCCCCCCCCCCC. The second-order valence-corrected chi connectivity index (χ2v) is 7.36. The van der Waals surface area contributed by atoms with Crippen molar-refractivity contribution in [3.8, 4) is 0 Å². The van der Waals surface area contributed by atoms with Crippen LogP contribution in [0.5, 0.6) is 0 Å². The summed E-state index contributed by atoms with van der Waals surface area (Å²) >= 11 is 0. The Morgan fingerprint density at radius 1 is 0.652 bits per heavy atom. The van der Waals surface area contributed by atoms with E-state index in [0.717, 1.165) is 11.0 Å². The van der Waals surface area contributed by atoms with Gasteiger partial charge in [-0.25, -0.2) is 0 Å². The molecule has 0 fully saturated rings. The molecule has 23 heavy (non-hydrogen) atoms. The number of unbranched alkanes of at least 4 members (excludes halogenated alkanes) is 9. The molecule has 0 rings (SSSR count). The number of hydrogen-bond acceptors (Lipinski definition) is 0. The van der Waals surface area contributed by atoms with Crippen LogP contribution >= 0.6 is 0 Å². The number of hydrogen-bond donors (Lipinski definition) is 0. The van der Waals surface area contributed by atoms with Crippen LogP contribution in [0, 0.1) is 0 Å². The van der Waals surface area contributed by atoms with Gasteiger partial charge < -0.3 is 4.48 Å². The molecule has 0 atom stereocenters. The van der Waals surface area contributed by atoms with Crippen LogP contribution < -0.4 is 0 Å². The van der Waals surface area contributed by atoms with Gasteiger partial charge >= 0.3 is 0 Å². The van der Waals surface area contributed by atoms with Gasteiger partial charge in [0.05, 0.1) is 27.2 Å². The molecule has 0 bridgehead atoms. The third kappa shape index (κ3) is 17.4. The Hall–Kier alpha value is -0.820. The average molecular weight is 321 g/mol. The zero-order chi connectivity index (χ0) is 17.2. The van der Waals surface area contributed by atoms with Crippen LogP contribution in [0.4, 0.5) is 0 Å². The summed E-state index contributed by atoms with van der Waals surface area (Å²) in [6.07, 6.45) is 27.0. The Morgan fingerprint density at radius 3 is 1.74 bits per heavy atom. The molecular weight excluding hydrogens is 278 g/mol.